The van der Waals surface area contributed by atoms with Crippen molar-refractivity contribution in [1.29, 1.82) is 0 Å². The molecule has 11 nitrogen and oxygen atoms in total. The highest BCUT2D eigenvalue weighted by Gasteiger charge is 2.42. The Hall–Kier alpha value is -3.38. The highest BCUT2D eigenvalue weighted by atomic mass is 79.9. The summed E-state index contributed by atoms with van der Waals surface area (Å²) in [6.45, 7) is 4.22. The van der Waals surface area contributed by atoms with Gasteiger partial charge >= 0.3 is 6.01 Å². The second-order valence-corrected chi connectivity index (χ2v) is 12.2. The molecule has 4 heterocycles. The quantitative estimate of drug-likeness (QED) is 0.281. The molecule has 5 rings (SSSR count). The molecule has 3 aromatic rings. The molecule has 1 saturated heterocycles. The fourth-order valence-electron chi connectivity index (χ4n) is 6.23. The van der Waals surface area contributed by atoms with Crippen LogP contribution in [0.3, 0.4) is 0 Å². The number of aryl methyl sites for hydroxylation is 2. The van der Waals surface area contributed by atoms with Gasteiger partial charge in [0.1, 0.15) is 24.0 Å². The number of aromatic nitrogens is 4. The second-order valence-electron chi connectivity index (χ2n) is 11.8. The number of nitrogens with one attached hydrogen (secondary N) is 1. The van der Waals surface area contributed by atoms with Gasteiger partial charge in [-0.15, -0.1) is 0 Å². The fourth-order valence-corrected chi connectivity index (χ4v) is 6.47. The molecular formula is C32H41BrN6O5. The third-order valence-electron chi connectivity index (χ3n) is 8.43. The highest BCUT2D eigenvalue weighted by molar-refractivity contribution is 9.08. The molecule has 0 saturated carbocycles. The zero-order valence-electron chi connectivity index (χ0n) is 25.5. The Labute approximate surface area is 266 Å². The molecule has 2 aromatic heterocycles. The van der Waals surface area contributed by atoms with Gasteiger partial charge in [-0.1, -0.05) is 44.9 Å². The number of ether oxygens (including phenoxy) is 2. The van der Waals surface area contributed by atoms with E-state index in [2.05, 4.69) is 35.6 Å². The molecule has 1 fully saturated rings. The van der Waals surface area contributed by atoms with Crippen LogP contribution in [0.15, 0.2) is 24.5 Å². The molecule has 236 valence electrons. The number of halogens is 1. The summed E-state index contributed by atoms with van der Waals surface area (Å²) in [6.07, 6.45) is 14.3. The molecule has 0 aliphatic carbocycles. The van der Waals surface area contributed by atoms with E-state index in [1.165, 1.54) is 32.6 Å². The molecule has 2 bridgehead atoms. The largest absolute Gasteiger partial charge is 0.424 e. The van der Waals surface area contributed by atoms with Crippen molar-refractivity contribution in [3.63, 3.8) is 0 Å². The van der Waals surface area contributed by atoms with E-state index in [4.69, 9.17) is 9.47 Å². The van der Waals surface area contributed by atoms with Crippen LogP contribution in [0.1, 0.15) is 92.7 Å². The van der Waals surface area contributed by atoms with E-state index in [0.29, 0.717) is 30.7 Å². The van der Waals surface area contributed by atoms with Crippen molar-refractivity contribution in [3.05, 3.63) is 41.3 Å². The van der Waals surface area contributed by atoms with E-state index >= 15 is 0 Å². The Morgan fingerprint density at radius 2 is 1.70 bits per heavy atom. The van der Waals surface area contributed by atoms with Crippen molar-refractivity contribution in [2.45, 2.75) is 103 Å². The van der Waals surface area contributed by atoms with Crippen molar-refractivity contribution >= 4 is 44.6 Å². The van der Waals surface area contributed by atoms with Crippen LogP contribution in [-0.2, 0) is 27.3 Å². The Morgan fingerprint density at radius 1 is 1.02 bits per heavy atom. The number of ketones is 1. The molecule has 2 amide bonds. The zero-order valence-corrected chi connectivity index (χ0v) is 27.1. The van der Waals surface area contributed by atoms with Gasteiger partial charge in [0.25, 0.3) is 5.91 Å². The summed E-state index contributed by atoms with van der Waals surface area (Å²) in [6, 6.07) is 3.16. The van der Waals surface area contributed by atoms with Gasteiger partial charge in [0.05, 0.1) is 11.6 Å². The van der Waals surface area contributed by atoms with E-state index < -0.39 is 6.04 Å². The predicted octanol–water partition coefficient (Wildman–Crippen LogP) is 5.61. The SMILES string of the molecule is CC(=O)c1nn2c3c(cc(Oc4ncc(C)cn4)cc13)CCCCCCCCCCCO[C@@H]1CCN(C(=O)C2)[C@@H]1C(=O)NBr. The number of amides is 2. The summed E-state index contributed by atoms with van der Waals surface area (Å²) in [5, 5.41) is 5.26. The van der Waals surface area contributed by atoms with Crippen LogP contribution in [0.4, 0.5) is 0 Å². The van der Waals surface area contributed by atoms with E-state index in [1.807, 2.05) is 13.0 Å². The van der Waals surface area contributed by atoms with Crippen molar-refractivity contribution in [3.8, 4) is 11.8 Å². The lowest BCUT2D eigenvalue weighted by Crippen LogP contribution is -2.49. The van der Waals surface area contributed by atoms with Crippen LogP contribution >= 0.6 is 16.1 Å². The van der Waals surface area contributed by atoms with E-state index in [-0.39, 0.29) is 42.0 Å². The van der Waals surface area contributed by atoms with Crippen molar-refractivity contribution in [2.24, 2.45) is 0 Å². The summed E-state index contributed by atoms with van der Waals surface area (Å²) < 4.78 is 16.3. The minimum atomic E-state index is -0.754. The van der Waals surface area contributed by atoms with Crippen LogP contribution in [-0.4, -0.2) is 67.5 Å². The maximum atomic E-state index is 13.8. The van der Waals surface area contributed by atoms with Gasteiger partial charge in [-0.2, -0.15) is 5.10 Å². The first-order chi connectivity index (χ1) is 21.4. The van der Waals surface area contributed by atoms with E-state index in [0.717, 1.165) is 55.2 Å². The lowest BCUT2D eigenvalue weighted by atomic mass is 10.0. The summed E-state index contributed by atoms with van der Waals surface area (Å²) in [5.41, 5.74) is 2.84. The molecular weight excluding hydrogens is 628 g/mol. The van der Waals surface area contributed by atoms with Crippen LogP contribution in [0.2, 0.25) is 0 Å². The van der Waals surface area contributed by atoms with Gasteiger partial charge in [0.15, 0.2) is 5.78 Å². The summed E-state index contributed by atoms with van der Waals surface area (Å²) in [5.74, 6) is -0.288. The molecule has 0 unspecified atom stereocenters. The first kappa shape index (κ1) is 32.0. The number of hydrogen-bond acceptors (Lipinski definition) is 8. The van der Waals surface area contributed by atoms with Crippen LogP contribution < -0.4 is 9.08 Å². The number of hydrogen-bond donors (Lipinski definition) is 1. The van der Waals surface area contributed by atoms with Crippen LogP contribution in [0, 0.1) is 6.92 Å². The third-order valence-corrected chi connectivity index (χ3v) is 8.82. The first-order valence-electron chi connectivity index (χ1n) is 15.7. The number of Topliss-reactive ketones (excluding diaryl/α,β-unsaturated/α-hetero) is 1. The number of carbonyl (C=O) groups excluding carboxylic acids is 3. The minimum Gasteiger partial charge on any atom is -0.424 e. The Balaban J connectivity index is 1.52. The van der Waals surface area contributed by atoms with Gasteiger partial charge in [-0.05, 0) is 55.9 Å². The van der Waals surface area contributed by atoms with Crippen molar-refractivity contribution < 1.29 is 23.9 Å². The molecule has 0 spiro atoms. The summed E-state index contributed by atoms with van der Waals surface area (Å²) >= 11 is 3.06. The highest BCUT2D eigenvalue weighted by Crippen LogP contribution is 2.32. The van der Waals surface area contributed by atoms with Gasteiger partial charge in [-0.3, -0.25) is 23.4 Å². The Morgan fingerprint density at radius 3 is 2.39 bits per heavy atom. The Kier molecular flexibility index (Phi) is 11.0. The molecule has 2 aliphatic rings. The average Bonchev–Trinajstić information content (AvgIpc) is 3.60. The van der Waals surface area contributed by atoms with Gasteiger partial charge in [0, 0.05) is 54.0 Å². The van der Waals surface area contributed by atoms with E-state index in [9.17, 15) is 14.4 Å². The van der Waals surface area contributed by atoms with Gasteiger partial charge < -0.3 is 14.4 Å². The lowest BCUT2D eigenvalue weighted by Gasteiger charge is -2.26. The summed E-state index contributed by atoms with van der Waals surface area (Å²) in [4.78, 5) is 49.7. The molecule has 2 atom stereocenters. The molecule has 0 radical (unpaired) electrons. The normalized spacial score (nSPS) is 20.8. The minimum absolute atomic E-state index is 0.114. The first-order valence-corrected chi connectivity index (χ1v) is 16.5. The lowest BCUT2D eigenvalue weighted by molar-refractivity contribution is -0.141. The number of benzene rings is 1. The molecule has 1 N–H and O–H groups in total. The Bertz CT molecular complexity index is 1480. The smallest absolute Gasteiger partial charge is 0.321 e. The number of nitrogens with zero attached hydrogens (tertiary/aromatic N) is 5. The predicted molar refractivity (Wildman–Crippen MR) is 169 cm³/mol. The monoisotopic (exact) mass is 668 g/mol. The van der Waals surface area contributed by atoms with Gasteiger partial charge in [-0.25, -0.2) is 9.97 Å². The zero-order chi connectivity index (χ0) is 31.1. The third kappa shape index (κ3) is 7.63. The number of carbonyl (C=O) groups is 3. The standard InChI is InChI=1S/C32H41BrN6O5/c1-21-18-34-32(35-19-21)44-24-16-23-12-10-8-6-4-3-5-7-9-11-15-43-26-13-14-38(30(26)31(42)36-33)27(41)20-39-29(23)25(17-24)28(37-39)22(2)40/h16-19,26,30H,3-15,20H2,1-2H3,(H,36,42)/t26-,30+/m1/s1. The van der Waals surface area contributed by atoms with Crippen molar-refractivity contribution in [2.75, 3.05) is 13.2 Å². The fraction of sp³-hybridized carbons (Fsp3) is 0.562. The summed E-state index contributed by atoms with van der Waals surface area (Å²) in [7, 11) is 0. The second kappa shape index (κ2) is 15.1. The molecule has 44 heavy (non-hydrogen) atoms. The molecule has 12 heteroatoms. The van der Waals surface area contributed by atoms with Gasteiger partial charge in [0.2, 0.25) is 5.91 Å². The van der Waals surface area contributed by atoms with Crippen LogP contribution in [0.25, 0.3) is 10.9 Å². The number of rotatable bonds is 4. The van der Waals surface area contributed by atoms with Crippen molar-refractivity contribution in [1.82, 2.24) is 29.0 Å². The van der Waals surface area contributed by atoms with Crippen LogP contribution in [0.5, 0.6) is 11.8 Å². The number of fused-ring (bicyclic) bond motifs is 2. The maximum Gasteiger partial charge on any atom is 0.321 e. The molecule has 2 aliphatic heterocycles. The maximum absolute atomic E-state index is 13.8. The average molecular weight is 670 g/mol. The van der Waals surface area contributed by atoms with E-state index in [1.54, 1.807) is 28.0 Å². The topological polar surface area (TPSA) is 129 Å². The molecule has 1 aromatic carbocycles.